The number of nitrogens with one attached hydrogen (secondary N) is 1. The van der Waals surface area contributed by atoms with Crippen LogP contribution in [0.25, 0.3) is 11.1 Å². The first kappa shape index (κ1) is 37.0. The maximum absolute atomic E-state index is 13.0. The number of carboxylic acids is 1. The van der Waals surface area contributed by atoms with Crippen LogP contribution in [-0.2, 0) is 51.6 Å². The van der Waals surface area contributed by atoms with Crippen LogP contribution in [0.15, 0.2) is 71.6 Å². The van der Waals surface area contributed by atoms with E-state index in [0.29, 0.717) is 64.0 Å². The van der Waals surface area contributed by atoms with Gasteiger partial charge in [0, 0.05) is 25.6 Å². The molecule has 13 heteroatoms. The number of aliphatic carboxylic acids is 1. The molecule has 1 aliphatic rings. The van der Waals surface area contributed by atoms with Gasteiger partial charge in [0.2, 0.25) is 15.9 Å². The number of benzene rings is 3. The number of carboxylic acid groups (broad SMARTS) is 1. The molecule has 0 aliphatic carbocycles. The summed E-state index contributed by atoms with van der Waals surface area (Å²) in [7, 11) is -0.638. The summed E-state index contributed by atoms with van der Waals surface area (Å²) >= 11 is 0. The molecule has 48 heavy (non-hydrogen) atoms. The first-order valence-electron chi connectivity index (χ1n) is 15.7. The van der Waals surface area contributed by atoms with E-state index in [1.165, 1.54) is 12.1 Å². The van der Waals surface area contributed by atoms with E-state index in [1.807, 2.05) is 43.3 Å². The zero-order chi connectivity index (χ0) is 34.5. The van der Waals surface area contributed by atoms with E-state index >= 15 is 0 Å². The Hall–Kier alpha value is -3.85. The van der Waals surface area contributed by atoms with Crippen LogP contribution in [0.3, 0.4) is 0 Å². The maximum atomic E-state index is 13.0. The van der Waals surface area contributed by atoms with Crippen LogP contribution < -0.4 is 10.1 Å². The molecule has 3 aromatic rings. The van der Waals surface area contributed by atoms with Gasteiger partial charge in [-0.05, 0) is 53.8 Å². The standard InChI is InChI=1S/C35H44N2O10S/c1-25-21-27(24-47-20-19-46-18-17-45-16-15-43-2)23-32(44-3)33(25)28-11-9-26(10-12-28)22-30(35(39)40)36-34(38)31-13-14-37(31)48(41,42)29-7-5-4-6-8-29/h4-12,21,23,30-31H,13-20,22,24H2,1-3H3,(H,36,38)(H,39,40)/t30-,31-/m0/s1. The van der Waals surface area contributed by atoms with Crippen LogP contribution >= 0.6 is 0 Å². The monoisotopic (exact) mass is 684 g/mol. The van der Waals surface area contributed by atoms with Crippen molar-refractivity contribution in [1.29, 1.82) is 0 Å². The fourth-order valence-corrected chi connectivity index (χ4v) is 7.02. The smallest absolute Gasteiger partial charge is 0.326 e. The molecule has 1 heterocycles. The average molecular weight is 685 g/mol. The molecule has 1 amide bonds. The lowest BCUT2D eigenvalue weighted by Gasteiger charge is -2.38. The van der Waals surface area contributed by atoms with E-state index in [4.69, 9.17) is 23.7 Å². The molecule has 260 valence electrons. The molecule has 0 radical (unpaired) electrons. The van der Waals surface area contributed by atoms with Crippen molar-refractivity contribution >= 4 is 21.9 Å². The summed E-state index contributed by atoms with van der Waals surface area (Å²) in [5.41, 5.74) is 4.41. The predicted octanol–water partition coefficient (Wildman–Crippen LogP) is 3.44. The van der Waals surface area contributed by atoms with Crippen LogP contribution in [0.4, 0.5) is 0 Å². The molecule has 0 aromatic heterocycles. The molecule has 1 aliphatic heterocycles. The Bertz CT molecular complexity index is 1600. The van der Waals surface area contributed by atoms with Gasteiger partial charge >= 0.3 is 5.97 Å². The van der Waals surface area contributed by atoms with E-state index < -0.39 is 34.0 Å². The topological polar surface area (TPSA) is 150 Å². The number of nitrogens with zero attached hydrogens (tertiary/aromatic N) is 1. The van der Waals surface area contributed by atoms with Gasteiger partial charge in [-0.2, -0.15) is 4.31 Å². The zero-order valence-electron chi connectivity index (χ0n) is 27.6. The van der Waals surface area contributed by atoms with E-state index in [2.05, 4.69) is 5.32 Å². The highest BCUT2D eigenvalue weighted by atomic mass is 32.2. The Kier molecular flexibility index (Phi) is 13.9. The van der Waals surface area contributed by atoms with Crippen molar-refractivity contribution in [3.63, 3.8) is 0 Å². The summed E-state index contributed by atoms with van der Waals surface area (Å²) in [6, 6.07) is 17.0. The van der Waals surface area contributed by atoms with Crippen molar-refractivity contribution in [1.82, 2.24) is 9.62 Å². The number of carbonyl (C=O) groups excluding carboxylic acids is 1. The maximum Gasteiger partial charge on any atom is 0.326 e. The second kappa shape index (κ2) is 18.1. The fraction of sp³-hybridized carbons (Fsp3) is 0.429. The Morgan fingerprint density at radius 3 is 2.12 bits per heavy atom. The fourth-order valence-electron chi connectivity index (χ4n) is 5.37. The molecule has 2 atom stereocenters. The molecule has 12 nitrogen and oxygen atoms in total. The minimum Gasteiger partial charge on any atom is -0.496 e. The SMILES string of the molecule is COCCOCCOCCOCc1cc(C)c(-c2ccc(C[C@H](NC(=O)[C@@H]3CCN3S(=O)(=O)c3ccccc3)C(=O)O)cc2)c(OC)c1. The third-order valence-electron chi connectivity index (χ3n) is 7.94. The van der Waals surface area contributed by atoms with Crippen molar-refractivity contribution in [2.45, 2.75) is 43.4 Å². The quantitative estimate of drug-likeness (QED) is 0.170. The Morgan fingerprint density at radius 1 is 0.896 bits per heavy atom. The van der Waals surface area contributed by atoms with Crippen molar-refractivity contribution in [2.75, 3.05) is 60.4 Å². The number of sulfonamides is 1. The van der Waals surface area contributed by atoms with Crippen LogP contribution in [0.1, 0.15) is 23.1 Å². The van der Waals surface area contributed by atoms with Gasteiger partial charge in [0.05, 0.1) is 58.3 Å². The lowest BCUT2D eigenvalue weighted by Crippen LogP contribution is -2.60. The van der Waals surface area contributed by atoms with Crippen LogP contribution in [0.2, 0.25) is 0 Å². The van der Waals surface area contributed by atoms with Crippen molar-refractivity contribution in [3.05, 3.63) is 83.4 Å². The summed E-state index contributed by atoms with van der Waals surface area (Å²) in [6.45, 7) is 5.54. The van der Waals surface area contributed by atoms with E-state index in [-0.39, 0.29) is 17.9 Å². The summed E-state index contributed by atoms with van der Waals surface area (Å²) in [4.78, 5) is 25.2. The van der Waals surface area contributed by atoms with Gasteiger partial charge < -0.3 is 34.1 Å². The Balaban J connectivity index is 1.32. The highest BCUT2D eigenvalue weighted by Crippen LogP contribution is 2.35. The Morgan fingerprint density at radius 2 is 1.54 bits per heavy atom. The molecule has 1 saturated heterocycles. The molecule has 0 bridgehead atoms. The molecule has 1 fully saturated rings. The lowest BCUT2D eigenvalue weighted by molar-refractivity contribution is -0.143. The number of carbonyl (C=O) groups is 2. The van der Waals surface area contributed by atoms with Gasteiger partial charge in [-0.1, -0.05) is 48.5 Å². The molecular weight excluding hydrogens is 640 g/mol. The third-order valence-corrected chi connectivity index (χ3v) is 9.87. The van der Waals surface area contributed by atoms with Crippen molar-refractivity contribution in [2.24, 2.45) is 0 Å². The van der Waals surface area contributed by atoms with Crippen LogP contribution in [0.5, 0.6) is 5.75 Å². The number of methoxy groups -OCH3 is 2. The highest BCUT2D eigenvalue weighted by Gasteiger charge is 2.43. The number of amides is 1. The van der Waals surface area contributed by atoms with Gasteiger partial charge in [-0.3, -0.25) is 4.79 Å². The summed E-state index contributed by atoms with van der Waals surface area (Å²) in [6.07, 6.45) is 0.335. The van der Waals surface area contributed by atoms with Crippen molar-refractivity contribution < 1.29 is 46.8 Å². The third kappa shape index (κ3) is 9.84. The van der Waals surface area contributed by atoms with Crippen molar-refractivity contribution in [3.8, 4) is 16.9 Å². The minimum absolute atomic E-state index is 0.0243. The number of hydrogen-bond donors (Lipinski definition) is 2. The zero-order valence-corrected chi connectivity index (χ0v) is 28.4. The molecule has 0 unspecified atom stereocenters. The number of rotatable bonds is 20. The molecular formula is C35H44N2O10S. The molecule has 2 N–H and O–H groups in total. The minimum atomic E-state index is -3.87. The molecule has 4 rings (SSSR count). The molecule has 0 spiro atoms. The van der Waals surface area contributed by atoms with E-state index in [1.54, 1.807) is 32.4 Å². The molecule has 0 saturated carbocycles. The first-order valence-corrected chi connectivity index (χ1v) is 17.2. The Labute approximate surface area is 281 Å². The summed E-state index contributed by atoms with van der Waals surface area (Å²) in [5, 5.41) is 12.4. The van der Waals surface area contributed by atoms with E-state index in [9.17, 15) is 23.1 Å². The predicted molar refractivity (Wildman–Crippen MR) is 178 cm³/mol. The summed E-state index contributed by atoms with van der Waals surface area (Å²) < 4.78 is 54.4. The van der Waals surface area contributed by atoms with Gasteiger partial charge in [0.1, 0.15) is 17.8 Å². The van der Waals surface area contributed by atoms with Gasteiger partial charge in [-0.25, -0.2) is 13.2 Å². The normalized spacial score (nSPS) is 15.4. The molecule has 3 aromatic carbocycles. The second-order valence-electron chi connectivity index (χ2n) is 11.3. The van der Waals surface area contributed by atoms with Gasteiger partial charge in [0.25, 0.3) is 0 Å². The number of hydrogen-bond acceptors (Lipinski definition) is 9. The van der Waals surface area contributed by atoms with Gasteiger partial charge in [-0.15, -0.1) is 0 Å². The van der Waals surface area contributed by atoms with Gasteiger partial charge in [0.15, 0.2) is 0 Å². The average Bonchev–Trinajstić information content (AvgIpc) is 3.05. The first-order chi connectivity index (χ1) is 23.1. The largest absolute Gasteiger partial charge is 0.496 e. The highest BCUT2D eigenvalue weighted by molar-refractivity contribution is 7.89. The number of aryl methyl sites for hydroxylation is 1. The lowest BCUT2D eigenvalue weighted by atomic mass is 9.95. The van der Waals surface area contributed by atoms with Crippen LogP contribution in [0, 0.1) is 6.92 Å². The second-order valence-corrected chi connectivity index (χ2v) is 13.2. The summed E-state index contributed by atoms with van der Waals surface area (Å²) in [5.74, 6) is -1.17. The van der Waals surface area contributed by atoms with Crippen LogP contribution in [-0.4, -0.2) is 102 Å². The van der Waals surface area contributed by atoms with E-state index in [0.717, 1.165) is 26.6 Å². The number of ether oxygens (including phenoxy) is 5.